The van der Waals surface area contributed by atoms with Crippen molar-refractivity contribution in [3.05, 3.63) is 66.0 Å². The molecule has 1 aliphatic rings. The number of allylic oxidation sites excluding steroid dienone is 7. The van der Waals surface area contributed by atoms with Crippen LogP contribution in [0.2, 0.25) is 0 Å². The summed E-state index contributed by atoms with van der Waals surface area (Å²) in [5, 5.41) is 7.79. The first-order valence-corrected chi connectivity index (χ1v) is 5.79. The van der Waals surface area contributed by atoms with E-state index in [1.54, 1.807) is 0 Å². The molecule has 0 radical (unpaired) electrons. The van der Waals surface area contributed by atoms with Crippen LogP contribution in [0.25, 0.3) is 0 Å². The molecule has 0 saturated carbocycles. The van der Waals surface area contributed by atoms with Crippen LogP contribution in [-0.2, 0) is 0 Å². The number of nitrogens with one attached hydrogen (secondary N) is 1. The second-order valence-electron chi connectivity index (χ2n) is 4.45. The lowest BCUT2D eigenvalue weighted by molar-refractivity contribution is 0.647. The summed E-state index contributed by atoms with van der Waals surface area (Å²) in [6, 6.07) is 0. The lowest BCUT2D eigenvalue weighted by atomic mass is 9.90. The molecule has 1 N–H and O–H groups in total. The fourth-order valence-corrected chi connectivity index (χ4v) is 1.66. The second kappa shape index (κ2) is 6.03. The zero-order valence-electron chi connectivity index (χ0n) is 10.6. The molecule has 0 aliphatic heterocycles. The Labute approximate surface area is 104 Å². The molecule has 88 valence electrons. The van der Waals surface area contributed by atoms with Crippen molar-refractivity contribution in [2.24, 2.45) is 5.92 Å². The first-order valence-electron chi connectivity index (χ1n) is 5.79. The Balaban J connectivity index is 3.10. The lowest BCUT2D eigenvalue weighted by Crippen LogP contribution is -2.03. The van der Waals surface area contributed by atoms with E-state index in [2.05, 4.69) is 32.7 Å². The largest absolute Gasteiger partial charge is 0.300 e. The Hall–Kier alpha value is -1.85. The fourth-order valence-electron chi connectivity index (χ4n) is 1.66. The van der Waals surface area contributed by atoms with Gasteiger partial charge in [0, 0.05) is 11.1 Å². The van der Waals surface area contributed by atoms with Crippen LogP contribution in [0.5, 0.6) is 0 Å². The number of rotatable bonds is 5. The van der Waals surface area contributed by atoms with Crippen LogP contribution in [-0.4, -0.2) is 5.71 Å². The molecule has 1 aliphatic carbocycles. The smallest absolute Gasteiger partial charge is 0.0606 e. The Bertz CT molecular complexity index is 464. The molecule has 0 amide bonds. The summed E-state index contributed by atoms with van der Waals surface area (Å²) in [5.74, 6) is 0.554. The van der Waals surface area contributed by atoms with Crippen molar-refractivity contribution in [1.29, 1.82) is 5.41 Å². The van der Waals surface area contributed by atoms with Gasteiger partial charge in [-0.3, -0.25) is 0 Å². The van der Waals surface area contributed by atoms with Gasteiger partial charge in [-0.25, -0.2) is 0 Å². The van der Waals surface area contributed by atoms with Gasteiger partial charge in [0.15, 0.2) is 0 Å². The molecule has 0 aromatic rings. The van der Waals surface area contributed by atoms with E-state index in [0.717, 1.165) is 17.6 Å². The van der Waals surface area contributed by atoms with Crippen LogP contribution in [0.15, 0.2) is 66.0 Å². The highest BCUT2D eigenvalue weighted by Gasteiger charge is 2.12. The number of hydrogen-bond donors (Lipinski definition) is 1. The molecule has 0 unspecified atom stereocenters. The standard InChI is InChI=1S/C16H19N/c1-5-16(17)13(4)15-10-8-6-7-9-14(15)11-12(2)3/h5-8,10,12,17H,1,4,11H2,2-3H3. The predicted octanol–water partition coefficient (Wildman–Crippen LogP) is 4.37. The molecular weight excluding hydrogens is 206 g/mol. The van der Waals surface area contributed by atoms with E-state index in [9.17, 15) is 0 Å². The highest BCUT2D eigenvalue weighted by atomic mass is 14.4. The fraction of sp³-hybridized carbons (Fsp3) is 0.250. The Morgan fingerprint density at radius 1 is 1.47 bits per heavy atom. The summed E-state index contributed by atoms with van der Waals surface area (Å²) in [6.45, 7) is 11.9. The van der Waals surface area contributed by atoms with Crippen LogP contribution >= 0.6 is 0 Å². The van der Waals surface area contributed by atoms with E-state index >= 15 is 0 Å². The molecule has 0 spiro atoms. The van der Waals surface area contributed by atoms with Crippen molar-refractivity contribution in [1.82, 2.24) is 0 Å². The molecule has 0 saturated heterocycles. The molecular formula is C16H19N. The Morgan fingerprint density at radius 2 is 2.18 bits per heavy atom. The Morgan fingerprint density at radius 3 is 2.76 bits per heavy atom. The third-order valence-corrected chi connectivity index (χ3v) is 2.52. The van der Waals surface area contributed by atoms with E-state index in [1.807, 2.05) is 24.3 Å². The van der Waals surface area contributed by atoms with Gasteiger partial charge in [-0.05, 0) is 30.1 Å². The van der Waals surface area contributed by atoms with E-state index in [4.69, 9.17) is 5.41 Å². The van der Waals surface area contributed by atoms with Gasteiger partial charge < -0.3 is 5.41 Å². The number of hydrogen-bond acceptors (Lipinski definition) is 1. The van der Waals surface area contributed by atoms with Gasteiger partial charge in [-0.2, -0.15) is 0 Å². The van der Waals surface area contributed by atoms with Crippen LogP contribution < -0.4 is 0 Å². The highest BCUT2D eigenvalue weighted by molar-refractivity contribution is 6.09. The molecule has 0 heterocycles. The van der Waals surface area contributed by atoms with E-state index in [0.29, 0.717) is 17.2 Å². The van der Waals surface area contributed by atoms with Gasteiger partial charge in [-0.15, -0.1) is 5.73 Å². The first-order chi connectivity index (χ1) is 8.06. The maximum atomic E-state index is 7.79. The van der Waals surface area contributed by atoms with E-state index in [1.165, 1.54) is 6.08 Å². The lowest BCUT2D eigenvalue weighted by Gasteiger charge is -2.13. The predicted molar refractivity (Wildman–Crippen MR) is 75.3 cm³/mol. The monoisotopic (exact) mass is 225 g/mol. The topological polar surface area (TPSA) is 23.9 Å². The van der Waals surface area contributed by atoms with Crippen molar-refractivity contribution in [3.63, 3.8) is 0 Å². The normalized spacial score (nSPS) is 14.1. The molecule has 0 aromatic carbocycles. The summed E-state index contributed by atoms with van der Waals surface area (Å²) in [7, 11) is 0. The zero-order valence-corrected chi connectivity index (χ0v) is 10.6. The zero-order chi connectivity index (χ0) is 12.8. The minimum absolute atomic E-state index is 0.370. The van der Waals surface area contributed by atoms with Crippen molar-refractivity contribution >= 4 is 5.71 Å². The van der Waals surface area contributed by atoms with Gasteiger partial charge in [0.05, 0.1) is 5.71 Å². The van der Waals surface area contributed by atoms with Crippen LogP contribution in [0.4, 0.5) is 0 Å². The van der Waals surface area contributed by atoms with Crippen molar-refractivity contribution in [2.75, 3.05) is 0 Å². The van der Waals surface area contributed by atoms with Crippen LogP contribution in [0.1, 0.15) is 20.3 Å². The summed E-state index contributed by atoms with van der Waals surface area (Å²) in [4.78, 5) is 0. The second-order valence-corrected chi connectivity index (χ2v) is 4.45. The maximum absolute atomic E-state index is 7.79. The minimum Gasteiger partial charge on any atom is -0.300 e. The Kier molecular flexibility index (Phi) is 4.68. The van der Waals surface area contributed by atoms with Gasteiger partial charge in [0.25, 0.3) is 0 Å². The third kappa shape index (κ3) is 3.58. The summed E-state index contributed by atoms with van der Waals surface area (Å²) in [5.41, 5.74) is 6.46. The van der Waals surface area contributed by atoms with E-state index in [-0.39, 0.29) is 0 Å². The minimum atomic E-state index is 0.370. The summed E-state index contributed by atoms with van der Waals surface area (Å²) in [6.07, 6.45) is 10.3. The molecule has 1 rings (SSSR count). The van der Waals surface area contributed by atoms with Crippen molar-refractivity contribution in [3.8, 4) is 0 Å². The van der Waals surface area contributed by atoms with Gasteiger partial charge in [-0.1, -0.05) is 45.2 Å². The SMILES string of the molecule is C=CC(=N)C(=C)C1=CC=CC=C=C1CC(C)C. The molecule has 0 aromatic heterocycles. The van der Waals surface area contributed by atoms with Crippen molar-refractivity contribution < 1.29 is 0 Å². The summed E-state index contributed by atoms with van der Waals surface area (Å²) < 4.78 is 0. The van der Waals surface area contributed by atoms with Crippen molar-refractivity contribution in [2.45, 2.75) is 20.3 Å². The highest BCUT2D eigenvalue weighted by Crippen LogP contribution is 2.25. The van der Waals surface area contributed by atoms with Gasteiger partial charge in [0.1, 0.15) is 0 Å². The molecule has 17 heavy (non-hydrogen) atoms. The van der Waals surface area contributed by atoms with Crippen LogP contribution in [0, 0.1) is 11.3 Å². The third-order valence-electron chi connectivity index (χ3n) is 2.52. The van der Waals surface area contributed by atoms with Gasteiger partial charge in [0.2, 0.25) is 0 Å². The van der Waals surface area contributed by atoms with Crippen LogP contribution in [0.3, 0.4) is 0 Å². The molecule has 1 nitrogen and oxygen atoms in total. The van der Waals surface area contributed by atoms with Gasteiger partial charge >= 0.3 is 0 Å². The quantitative estimate of drug-likeness (QED) is 0.530. The average Bonchev–Trinajstić information content (AvgIpc) is 2.51. The molecule has 1 heteroatoms. The molecule has 0 fully saturated rings. The maximum Gasteiger partial charge on any atom is 0.0606 e. The molecule has 0 atom stereocenters. The first kappa shape index (κ1) is 13.2. The average molecular weight is 225 g/mol. The molecule has 0 bridgehead atoms. The van der Waals surface area contributed by atoms with E-state index < -0.39 is 0 Å². The summed E-state index contributed by atoms with van der Waals surface area (Å²) >= 11 is 0.